The van der Waals surface area contributed by atoms with Crippen LogP contribution in [0.5, 0.6) is 0 Å². The lowest BCUT2D eigenvalue weighted by Gasteiger charge is -2.30. The highest BCUT2D eigenvalue weighted by atomic mass is 19.1. The zero-order valence-corrected chi connectivity index (χ0v) is 23.3. The van der Waals surface area contributed by atoms with Crippen molar-refractivity contribution in [3.05, 3.63) is 59.7 Å². The summed E-state index contributed by atoms with van der Waals surface area (Å²) in [6.07, 6.45) is -0.348. The molecular formula is C31H37FN2O5. The molecule has 2 amide bonds. The molecular weight excluding hydrogens is 499 g/mol. The number of hydrogen-bond donors (Lipinski definition) is 0. The van der Waals surface area contributed by atoms with Gasteiger partial charge in [-0.2, -0.15) is 0 Å². The van der Waals surface area contributed by atoms with Crippen molar-refractivity contribution in [2.24, 2.45) is 5.41 Å². The number of fused-ring (bicyclic) bond motifs is 4. The minimum Gasteiger partial charge on any atom is -0.460 e. The topological polar surface area (TPSA) is 76.2 Å². The fraction of sp³-hybridized carbons (Fsp3) is 0.516. The molecule has 208 valence electrons. The van der Waals surface area contributed by atoms with Crippen LogP contribution in [0, 0.1) is 5.41 Å². The van der Waals surface area contributed by atoms with E-state index in [1.165, 1.54) is 9.80 Å². The van der Waals surface area contributed by atoms with Crippen molar-refractivity contribution in [1.29, 1.82) is 0 Å². The van der Waals surface area contributed by atoms with Crippen LogP contribution >= 0.6 is 0 Å². The first-order valence-corrected chi connectivity index (χ1v) is 13.7. The third kappa shape index (κ3) is 4.90. The molecule has 2 heterocycles. The van der Waals surface area contributed by atoms with Crippen molar-refractivity contribution >= 4 is 18.0 Å². The molecule has 7 nitrogen and oxygen atoms in total. The quantitative estimate of drug-likeness (QED) is 0.467. The lowest BCUT2D eigenvalue weighted by Crippen LogP contribution is -2.45. The summed E-state index contributed by atoms with van der Waals surface area (Å²) in [6.45, 7) is 9.46. The van der Waals surface area contributed by atoms with Gasteiger partial charge in [-0.25, -0.2) is 9.18 Å². The number of amides is 2. The Morgan fingerprint density at radius 1 is 1.00 bits per heavy atom. The monoisotopic (exact) mass is 536 g/mol. The molecule has 2 fully saturated rings. The zero-order valence-electron chi connectivity index (χ0n) is 23.3. The number of carbonyl (C=O) groups excluding carboxylic acids is 3. The van der Waals surface area contributed by atoms with Gasteiger partial charge in [0.1, 0.15) is 12.2 Å². The second-order valence-corrected chi connectivity index (χ2v) is 12.5. The number of ether oxygens (including phenoxy) is 2. The molecule has 3 aliphatic rings. The van der Waals surface area contributed by atoms with E-state index in [2.05, 4.69) is 12.1 Å². The smallest absolute Gasteiger partial charge is 0.410 e. The fourth-order valence-corrected chi connectivity index (χ4v) is 5.92. The molecule has 2 saturated heterocycles. The first kappa shape index (κ1) is 27.2. The number of halogens is 1. The highest BCUT2D eigenvalue weighted by Gasteiger charge is 2.62. The first-order valence-electron chi connectivity index (χ1n) is 13.7. The number of hydrogen-bond acceptors (Lipinski definition) is 5. The summed E-state index contributed by atoms with van der Waals surface area (Å²) in [4.78, 5) is 41.7. The average Bonchev–Trinajstić information content (AvgIpc) is 3.47. The Kier molecular flexibility index (Phi) is 6.72. The molecule has 2 aliphatic heterocycles. The highest BCUT2D eigenvalue weighted by Crippen LogP contribution is 2.45. The summed E-state index contributed by atoms with van der Waals surface area (Å²) in [6, 6.07) is 15.2. The number of rotatable bonds is 6. The van der Waals surface area contributed by atoms with Crippen LogP contribution in [0.3, 0.4) is 0 Å². The SMILES string of the molecule is CC(C)(C)OC(=O)C(C)(C)CCN1C[C@@H]2N(C(=O)OCC3c4ccccc4-c4ccccc43)CC[C@]2(F)C1=O. The molecule has 0 unspecified atom stereocenters. The van der Waals surface area contributed by atoms with Gasteiger partial charge >= 0.3 is 12.1 Å². The molecule has 2 atom stereocenters. The summed E-state index contributed by atoms with van der Waals surface area (Å²) < 4.78 is 27.2. The van der Waals surface area contributed by atoms with Gasteiger partial charge in [-0.05, 0) is 63.3 Å². The predicted molar refractivity (Wildman–Crippen MR) is 145 cm³/mol. The maximum atomic E-state index is 16.0. The molecule has 8 heteroatoms. The van der Waals surface area contributed by atoms with Gasteiger partial charge in [0, 0.05) is 32.0 Å². The molecule has 5 rings (SSSR count). The van der Waals surface area contributed by atoms with Crippen LogP contribution in [-0.4, -0.2) is 71.3 Å². The second kappa shape index (κ2) is 9.65. The molecule has 2 aromatic carbocycles. The number of alkyl halides is 1. The van der Waals surface area contributed by atoms with Crippen LogP contribution < -0.4 is 0 Å². The standard InChI is InChI=1S/C31H37FN2O5/c1-29(2,3)39-27(36)30(4,5)14-16-33-18-25-31(32,26(33)35)15-17-34(25)28(37)38-19-24-22-12-8-6-10-20(22)21-11-7-9-13-23(21)24/h6-13,24-25H,14-19H2,1-5H3/t25-,31+/m0/s1. The Morgan fingerprint density at radius 3 is 2.18 bits per heavy atom. The molecule has 2 aromatic rings. The maximum Gasteiger partial charge on any atom is 0.410 e. The van der Waals surface area contributed by atoms with Gasteiger partial charge in [-0.3, -0.25) is 14.5 Å². The van der Waals surface area contributed by atoms with Gasteiger partial charge in [0.25, 0.3) is 5.91 Å². The van der Waals surface area contributed by atoms with Gasteiger partial charge in [-0.15, -0.1) is 0 Å². The molecule has 1 aliphatic carbocycles. The Labute approximate surface area is 229 Å². The summed E-state index contributed by atoms with van der Waals surface area (Å²) in [5.41, 5.74) is 0.851. The Morgan fingerprint density at radius 2 is 1.59 bits per heavy atom. The molecule has 0 bridgehead atoms. The minimum absolute atomic E-state index is 0.0628. The van der Waals surface area contributed by atoms with Crippen molar-refractivity contribution in [2.45, 2.75) is 70.7 Å². The van der Waals surface area contributed by atoms with E-state index in [9.17, 15) is 14.4 Å². The van der Waals surface area contributed by atoms with Crippen LogP contribution in [0.2, 0.25) is 0 Å². The van der Waals surface area contributed by atoms with Gasteiger partial charge in [0.05, 0.1) is 11.5 Å². The Balaban J connectivity index is 1.23. The molecule has 39 heavy (non-hydrogen) atoms. The molecule has 0 radical (unpaired) electrons. The number of carbonyl (C=O) groups is 3. The van der Waals surface area contributed by atoms with E-state index >= 15 is 4.39 Å². The van der Waals surface area contributed by atoms with Crippen LogP contribution in [0.25, 0.3) is 11.1 Å². The van der Waals surface area contributed by atoms with Gasteiger partial charge < -0.3 is 14.4 Å². The van der Waals surface area contributed by atoms with Crippen LogP contribution in [0.4, 0.5) is 9.18 Å². The van der Waals surface area contributed by atoms with E-state index < -0.39 is 34.7 Å². The highest BCUT2D eigenvalue weighted by molar-refractivity contribution is 5.90. The molecule has 0 aromatic heterocycles. The normalized spacial score (nSPS) is 22.5. The zero-order chi connectivity index (χ0) is 28.2. The first-order chi connectivity index (χ1) is 18.3. The van der Waals surface area contributed by atoms with Gasteiger partial charge in [-0.1, -0.05) is 48.5 Å². The average molecular weight is 537 g/mol. The summed E-state index contributed by atoms with van der Waals surface area (Å²) in [7, 11) is 0. The van der Waals surface area contributed by atoms with Crippen LogP contribution in [0.1, 0.15) is 64.5 Å². The third-order valence-corrected chi connectivity index (χ3v) is 8.19. The van der Waals surface area contributed by atoms with E-state index in [1.54, 1.807) is 34.6 Å². The Hall–Kier alpha value is -3.42. The Bertz CT molecular complexity index is 1260. The lowest BCUT2D eigenvalue weighted by atomic mass is 9.89. The summed E-state index contributed by atoms with van der Waals surface area (Å²) in [5.74, 6) is -1.09. The van der Waals surface area contributed by atoms with Crippen LogP contribution in [-0.2, 0) is 19.1 Å². The number of likely N-dealkylation sites (tertiary alicyclic amines) is 2. The number of esters is 1. The molecule has 0 N–H and O–H groups in total. The summed E-state index contributed by atoms with van der Waals surface area (Å²) >= 11 is 0. The minimum atomic E-state index is -2.14. The van der Waals surface area contributed by atoms with Gasteiger partial charge in [0.2, 0.25) is 5.67 Å². The van der Waals surface area contributed by atoms with Crippen molar-refractivity contribution in [3.8, 4) is 11.1 Å². The third-order valence-electron chi connectivity index (χ3n) is 8.19. The van der Waals surface area contributed by atoms with E-state index in [4.69, 9.17) is 9.47 Å². The predicted octanol–water partition coefficient (Wildman–Crippen LogP) is 5.32. The van der Waals surface area contributed by atoms with Crippen molar-refractivity contribution in [1.82, 2.24) is 9.80 Å². The van der Waals surface area contributed by atoms with E-state index in [0.29, 0.717) is 6.42 Å². The van der Waals surface area contributed by atoms with Crippen molar-refractivity contribution in [2.75, 3.05) is 26.2 Å². The van der Waals surface area contributed by atoms with Gasteiger partial charge in [0.15, 0.2) is 0 Å². The fourth-order valence-electron chi connectivity index (χ4n) is 5.92. The molecule has 0 saturated carbocycles. The van der Waals surface area contributed by atoms with E-state index in [-0.39, 0.29) is 44.5 Å². The molecule has 0 spiro atoms. The number of benzene rings is 2. The summed E-state index contributed by atoms with van der Waals surface area (Å²) in [5, 5.41) is 0. The second-order valence-electron chi connectivity index (χ2n) is 12.5. The number of nitrogens with zero attached hydrogens (tertiary/aromatic N) is 2. The van der Waals surface area contributed by atoms with Crippen LogP contribution in [0.15, 0.2) is 48.5 Å². The maximum absolute atomic E-state index is 16.0. The van der Waals surface area contributed by atoms with Crippen molar-refractivity contribution in [3.63, 3.8) is 0 Å². The lowest BCUT2D eigenvalue weighted by molar-refractivity contribution is -0.166. The largest absolute Gasteiger partial charge is 0.460 e. The van der Waals surface area contributed by atoms with E-state index in [0.717, 1.165) is 22.3 Å². The van der Waals surface area contributed by atoms with Crippen molar-refractivity contribution < 1.29 is 28.2 Å². The van der Waals surface area contributed by atoms with E-state index in [1.807, 2.05) is 36.4 Å².